The number of benzene rings is 1. The molecule has 0 saturated carbocycles. The number of nitrogens with one attached hydrogen (secondary N) is 1. The molecule has 1 heterocycles. The molecule has 1 atom stereocenters. The van der Waals surface area contributed by atoms with Crippen molar-refractivity contribution >= 4 is 6.03 Å². The molecule has 1 N–H and O–H groups in total. The summed E-state index contributed by atoms with van der Waals surface area (Å²) in [6.45, 7) is -1.51. The van der Waals surface area contributed by atoms with Crippen LogP contribution in [-0.2, 0) is 17.9 Å². The van der Waals surface area contributed by atoms with Crippen molar-refractivity contribution in [3.63, 3.8) is 0 Å². The summed E-state index contributed by atoms with van der Waals surface area (Å²) >= 11 is 0. The number of piperidine rings is 1. The lowest BCUT2D eigenvalue weighted by Crippen LogP contribution is -2.48. The molecule has 0 aliphatic carbocycles. The number of urea groups is 1. The number of alkyl halides is 6. The van der Waals surface area contributed by atoms with Crippen LogP contribution in [0.15, 0.2) is 24.3 Å². The first-order chi connectivity index (χ1) is 12.5. The summed E-state index contributed by atoms with van der Waals surface area (Å²) in [7, 11) is 0. The predicted octanol–water partition coefficient (Wildman–Crippen LogP) is 4.25. The maximum absolute atomic E-state index is 12.8. The number of ether oxygens (including phenoxy) is 1. The molecule has 0 aromatic heterocycles. The minimum absolute atomic E-state index is 0.0190. The van der Waals surface area contributed by atoms with Crippen LogP contribution in [0.5, 0.6) is 0 Å². The van der Waals surface area contributed by atoms with Gasteiger partial charge in [0.2, 0.25) is 0 Å². The highest BCUT2D eigenvalue weighted by Crippen LogP contribution is 2.33. The maximum Gasteiger partial charge on any atom is 0.411 e. The van der Waals surface area contributed by atoms with E-state index in [0.717, 1.165) is 4.90 Å². The number of rotatable bonds is 5. The zero-order valence-corrected chi connectivity index (χ0v) is 14.4. The van der Waals surface area contributed by atoms with Crippen LogP contribution in [0.4, 0.5) is 31.1 Å². The largest absolute Gasteiger partial charge is 0.411 e. The zero-order chi connectivity index (χ0) is 20.1. The van der Waals surface area contributed by atoms with E-state index in [9.17, 15) is 31.1 Å². The second-order valence-electron chi connectivity index (χ2n) is 6.41. The number of carbonyl (C=O) groups excluding carboxylic acids is 1. The van der Waals surface area contributed by atoms with Crippen LogP contribution < -0.4 is 5.32 Å². The van der Waals surface area contributed by atoms with Crippen molar-refractivity contribution in [1.82, 2.24) is 10.2 Å². The van der Waals surface area contributed by atoms with E-state index >= 15 is 0 Å². The molecule has 0 bridgehead atoms. The number of hydrogen-bond donors (Lipinski definition) is 1. The standard InChI is InChI=1S/C17H20F6N2O2/c18-16(19,20)11-27-10-13-5-3-12(4-6-13)8-24-15(26)25-7-1-2-14(9-25)17(21,22)23/h3-6,14H,1-2,7-11H2,(H,24,26)/t14-/m0/s1. The van der Waals surface area contributed by atoms with Gasteiger partial charge in [0.05, 0.1) is 12.5 Å². The Labute approximate surface area is 152 Å². The van der Waals surface area contributed by atoms with Gasteiger partial charge in [-0.2, -0.15) is 26.3 Å². The molecule has 2 amide bonds. The van der Waals surface area contributed by atoms with Crippen molar-refractivity contribution in [2.45, 2.75) is 38.3 Å². The maximum atomic E-state index is 12.8. The summed E-state index contributed by atoms with van der Waals surface area (Å²) in [6, 6.07) is 5.79. The Kier molecular flexibility index (Phi) is 6.96. The lowest BCUT2D eigenvalue weighted by molar-refractivity contribution is -0.184. The Hall–Kier alpha value is -1.97. The molecule has 0 unspecified atom stereocenters. The molecule has 4 nitrogen and oxygen atoms in total. The fourth-order valence-corrected chi connectivity index (χ4v) is 2.76. The van der Waals surface area contributed by atoms with Gasteiger partial charge < -0.3 is 15.0 Å². The van der Waals surface area contributed by atoms with Gasteiger partial charge in [-0.1, -0.05) is 24.3 Å². The lowest BCUT2D eigenvalue weighted by atomic mass is 9.98. The van der Waals surface area contributed by atoms with E-state index in [0.29, 0.717) is 17.5 Å². The number of hydrogen-bond acceptors (Lipinski definition) is 2. The van der Waals surface area contributed by atoms with Gasteiger partial charge in [-0.15, -0.1) is 0 Å². The van der Waals surface area contributed by atoms with E-state index < -0.39 is 30.9 Å². The number of carbonyl (C=O) groups is 1. The third-order valence-corrected chi connectivity index (χ3v) is 4.17. The summed E-state index contributed by atoms with van der Waals surface area (Å²) in [6.07, 6.45) is -8.39. The second-order valence-corrected chi connectivity index (χ2v) is 6.41. The average Bonchev–Trinajstić information content (AvgIpc) is 2.59. The monoisotopic (exact) mass is 398 g/mol. The first kappa shape index (κ1) is 21.3. The fraction of sp³-hybridized carbons (Fsp3) is 0.588. The Bertz CT molecular complexity index is 615. The summed E-state index contributed by atoms with van der Waals surface area (Å²) in [5.74, 6) is -1.51. The van der Waals surface area contributed by atoms with Gasteiger partial charge in [-0.05, 0) is 24.0 Å². The molecular formula is C17H20F6N2O2. The van der Waals surface area contributed by atoms with E-state index in [1.807, 2.05) is 0 Å². The predicted molar refractivity (Wildman–Crippen MR) is 84.7 cm³/mol. The molecule has 0 radical (unpaired) electrons. The van der Waals surface area contributed by atoms with E-state index in [2.05, 4.69) is 10.1 Å². The highest BCUT2D eigenvalue weighted by Gasteiger charge is 2.42. The van der Waals surface area contributed by atoms with Gasteiger partial charge in [0.25, 0.3) is 0 Å². The molecule has 10 heteroatoms. The van der Waals surface area contributed by atoms with Crippen LogP contribution in [0.3, 0.4) is 0 Å². The normalized spacial score (nSPS) is 18.4. The molecule has 1 aromatic rings. The first-order valence-corrected chi connectivity index (χ1v) is 8.36. The smallest absolute Gasteiger partial charge is 0.367 e. The van der Waals surface area contributed by atoms with Crippen LogP contribution in [0.1, 0.15) is 24.0 Å². The summed E-state index contributed by atoms with van der Waals surface area (Å²) in [5.41, 5.74) is 1.21. The minimum atomic E-state index is -4.39. The third kappa shape index (κ3) is 7.28. The minimum Gasteiger partial charge on any atom is -0.367 e. The number of halogens is 6. The SMILES string of the molecule is O=C(NCc1ccc(COCC(F)(F)F)cc1)N1CCC[C@H](C(F)(F)F)C1. The molecule has 1 fully saturated rings. The van der Waals surface area contributed by atoms with Crippen LogP contribution >= 0.6 is 0 Å². The first-order valence-electron chi connectivity index (χ1n) is 8.36. The Morgan fingerprint density at radius 1 is 1.11 bits per heavy atom. The highest BCUT2D eigenvalue weighted by molar-refractivity contribution is 5.74. The van der Waals surface area contributed by atoms with E-state index in [1.165, 1.54) is 0 Å². The van der Waals surface area contributed by atoms with Crippen LogP contribution in [0.25, 0.3) is 0 Å². The summed E-state index contributed by atoms with van der Waals surface area (Å²) in [4.78, 5) is 13.2. The molecule has 1 saturated heterocycles. The van der Waals surface area contributed by atoms with Crippen molar-refractivity contribution in [2.24, 2.45) is 5.92 Å². The van der Waals surface area contributed by atoms with Gasteiger partial charge in [0, 0.05) is 19.6 Å². The number of likely N-dealkylation sites (tertiary alicyclic amines) is 1. The number of nitrogens with zero attached hydrogens (tertiary/aromatic N) is 1. The van der Waals surface area contributed by atoms with Crippen molar-refractivity contribution in [2.75, 3.05) is 19.7 Å². The van der Waals surface area contributed by atoms with Gasteiger partial charge in [-0.3, -0.25) is 0 Å². The lowest BCUT2D eigenvalue weighted by Gasteiger charge is -2.33. The second kappa shape index (κ2) is 8.81. The van der Waals surface area contributed by atoms with Crippen LogP contribution in [-0.4, -0.2) is 43.0 Å². The molecule has 2 rings (SSSR count). The quantitative estimate of drug-likeness (QED) is 0.754. The molecule has 0 spiro atoms. The zero-order valence-electron chi connectivity index (χ0n) is 14.4. The van der Waals surface area contributed by atoms with Crippen LogP contribution in [0, 0.1) is 5.92 Å². The van der Waals surface area contributed by atoms with E-state index in [4.69, 9.17) is 0 Å². The topological polar surface area (TPSA) is 41.6 Å². The average molecular weight is 398 g/mol. The van der Waals surface area contributed by atoms with Crippen LogP contribution in [0.2, 0.25) is 0 Å². The molecular weight excluding hydrogens is 378 g/mol. The van der Waals surface area contributed by atoms with Gasteiger partial charge >= 0.3 is 18.4 Å². The molecule has 152 valence electrons. The van der Waals surface area contributed by atoms with Crippen molar-refractivity contribution in [3.05, 3.63) is 35.4 Å². The summed E-state index contributed by atoms with van der Waals surface area (Å²) < 4.78 is 78.9. The Morgan fingerprint density at radius 3 is 2.33 bits per heavy atom. The van der Waals surface area contributed by atoms with Gasteiger partial charge in [0.1, 0.15) is 6.61 Å². The Morgan fingerprint density at radius 2 is 1.74 bits per heavy atom. The fourth-order valence-electron chi connectivity index (χ4n) is 2.76. The molecule has 1 aliphatic heterocycles. The van der Waals surface area contributed by atoms with Crippen molar-refractivity contribution in [3.8, 4) is 0 Å². The van der Waals surface area contributed by atoms with E-state index in [1.54, 1.807) is 24.3 Å². The van der Waals surface area contributed by atoms with Gasteiger partial charge in [0.15, 0.2) is 0 Å². The third-order valence-electron chi connectivity index (χ3n) is 4.17. The molecule has 1 aromatic carbocycles. The summed E-state index contributed by atoms with van der Waals surface area (Å²) in [5, 5.41) is 2.56. The highest BCUT2D eigenvalue weighted by atomic mass is 19.4. The molecule has 1 aliphatic rings. The number of amides is 2. The Balaban J connectivity index is 1.78. The van der Waals surface area contributed by atoms with Crippen molar-refractivity contribution < 1.29 is 35.9 Å². The molecule has 27 heavy (non-hydrogen) atoms. The van der Waals surface area contributed by atoms with Gasteiger partial charge in [-0.25, -0.2) is 4.79 Å². The van der Waals surface area contributed by atoms with Crippen molar-refractivity contribution in [1.29, 1.82) is 0 Å². The van der Waals surface area contributed by atoms with E-state index in [-0.39, 0.29) is 32.7 Å².